The molecule has 1 heterocycles. The summed E-state index contributed by atoms with van der Waals surface area (Å²) in [6.07, 6.45) is 0.924. The molecule has 0 amide bonds. The fourth-order valence-electron chi connectivity index (χ4n) is 2.31. The first kappa shape index (κ1) is 12.7. The molecule has 3 nitrogen and oxygen atoms in total. The standard InChI is InChI=1S/C17H17NO2/c1-19-14-8-9-15-16(12-14)20-11-5-10-18-17(15)13-6-3-2-4-7-13/h2-4,6-9,12H,5,10-11H2,1H3. The van der Waals surface area contributed by atoms with E-state index >= 15 is 0 Å². The van der Waals surface area contributed by atoms with Gasteiger partial charge in [-0.25, -0.2) is 0 Å². The third kappa shape index (κ3) is 2.52. The lowest BCUT2D eigenvalue weighted by molar-refractivity contribution is 0.308. The Hall–Kier alpha value is -2.29. The van der Waals surface area contributed by atoms with E-state index in [1.807, 2.05) is 36.4 Å². The van der Waals surface area contributed by atoms with Gasteiger partial charge in [-0.2, -0.15) is 0 Å². The third-order valence-corrected chi connectivity index (χ3v) is 3.32. The zero-order valence-electron chi connectivity index (χ0n) is 11.5. The van der Waals surface area contributed by atoms with Gasteiger partial charge in [0.25, 0.3) is 0 Å². The number of rotatable bonds is 2. The van der Waals surface area contributed by atoms with Gasteiger partial charge in [-0.3, -0.25) is 4.99 Å². The van der Waals surface area contributed by atoms with Crippen LogP contribution in [-0.2, 0) is 0 Å². The summed E-state index contributed by atoms with van der Waals surface area (Å²) in [6.45, 7) is 1.47. The van der Waals surface area contributed by atoms with Crippen LogP contribution in [0.5, 0.6) is 11.5 Å². The Morgan fingerprint density at radius 3 is 2.75 bits per heavy atom. The molecule has 2 aromatic carbocycles. The van der Waals surface area contributed by atoms with Crippen LogP contribution in [0.25, 0.3) is 0 Å². The second-order valence-electron chi connectivity index (χ2n) is 4.66. The summed E-state index contributed by atoms with van der Waals surface area (Å²) in [6, 6.07) is 16.1. The SMILES string of the molecule is COc1ccc2c(c1)OCCCN=C2c1ccccc1. The van der Waals surface area contributed by atoms with Crippen LogP contribution in [0.4, 0.5) is 0 Å². The highest BCUT2D eigenvalue weighted by Crippen LogP contribution is 2.28. The average molecular weight is 267 g/mol. The maximum absolute atomic E-state index is 5.86. The normalized spacial score (nSPS) is 14.3. The van der Waals surface area contributed by atoms with E-state index in [-0.39, 0.29) is 0 Å². The quantitative estimate of drug-likeness (QED) is 0.835. The van der Waals surface area contributed by atoms with Gasteiger partial charge >= 0.3 is 0 Å². The Balaban J connectivity index is 2.11. The Morgan fingerprint density at radius 1 is 1.10 bits per heavy atom. The van der Waals surface area contributed by atoms with E-state index in [0.29, 0.717) is 6.61 Å². The maximum Gasteiger partial charge on any atom is 0.132 e. The molecule has 0 bridgehead atoms. The second kappa shape index (κ2) is 5.78. The van der Waals surface area contributed by atoms with Crippen molar-refractivity contribution in [2.24, 2.45) is 4.99 Å². The van der Waals surface area contributed by atoms with Crippen molar-refractivity contribution in [3.05, 3.63) is 59.7 Å². The lowest BCUT2D eigenvalue weighted by atomic mass is 10.0. The molecule has 3 heteroatoms. The highest BCUT2D eigenvalue weighted by Gasteiger charge is 2.15. The summed E-state index contributed by atoms with van der Waals surface area (Å²) in [5.41, 5.74) is 3.13. The van der Waals surface area contributed by atoms with Crippen molar-refractivity contribution in [1.29, 1.82) is 0 Å². The fraction of sp³-hybridized carbons (Fsp3) is 0.235. The molecule has 0 N–H and O–H groups in total. The molecule has 1 aliphatic heterocycles. The van der Waals surface area contributed by atoms with Crippen molar-refractivity contribution < 1.29 is 9.47 Å². The molecule has 0 atom stereocenters. The van der Waals surface area contributed by atoms with Gasteiger partial charge in [0.15, 0.2) is 0 Å². The number of nitrogens with zero attached hydrogens (tertiary/aromatic N) is 1. The molecule has 0 aromatic heterocycles. The lowest BCUT2D eigenvalue weighted by Gasteiger charge is -2.17. The number of aliphatic imine (C=N–C) groups is 1. The summed E-state index contributed by atoms with van der Waals surface area (Å²) >= 11 is 0. The van der Waals surface area contributed by atoms with Gasteiger partial charge in [-0.05, 0) is 12.1 Å². The van der Waals surface area contributed by atoms with E-state index in [0.717, 1.165) is 41.3 Å². The van der Waals surface area contributed by atoms with Crippen molar-refractivity contribution in [2.75, 3.05) is 20.3 Å². The first-order valence-electron chi connectivity index (χ1n) is 6.79. The predicted molar refractivity (Wildman–Crippen MR) is 80.1 cm³/mol. The van der Waals surface area contributed by atoms with Gasteiger partial charge in [-0.15, -0.1) is 0 Å². The molecule has 2 aromatic rings. The molecular weight excluding hydrogens is 250 g/mol. The number of methoxy groups -OCH3 is 1. The van der Waals surface area contributed by atoms with E-state index in [1.54, 1.807) is 7.11 Å². The van der Waals surface area contributed by atoms with Crippen LogP contribution in [-0.4, -0.2) is 26.0 Å². The van der Waals surface area contributed by atoms with E-state index in [9.17, 15) is 0 Å². The summed E-state index contributed by atoms with van der Waals surface area (Å²) in [5, 5.41) is 0. The minimum Gasteiger partial charge on any atom is -0.497 e. The van der Waals surface area contributed by atoms with Crippen LogP contribution in [0.15, 0.2) is 53.5 Å². The zero-order valence-corrected chi connectivity index (χ0v) is 11.5. The number of hydrogen-bond donors (Lipinski definition) is 0. The van der Waals surface area contributed by atoms with Gasteiger partial charge in [-0.1, -0.05) is 30.3 Å². The Bertz CT molecular complexity index is 620. The van der Waals surface area contributed by atoms with Crippen LogP contribution in [0.1, 0.15) is 17.5 Å². The molecule has 0 saturated heterocycles. The summed E-state index contributed by atoms with van der Waals surface area (Å²) in [5.74, 6) is 1.64. The first-order chi connectivity index (χ1) is 9.88. The van der Waals surface area contributed by atoms with Crippen LogP contribution < -0.4 is 9.47 Å². The van der Waals surface area contributed by atoms with Crippen molar-refractivity contribution in [1.82, 2.24) is 0 Å². The highest BCUT2D eigenvalue weighted by molar-refractivity contribution is 6.14. The molecule has 0 aliphatic carbocycles. The van der Waals surface area contributed by atoms with E-state index < -0.39 is 0 Å². The van der Waals surface area contributed by atoms with Crippen molar-refractivity contribution in [3.8, 4) is 11.5 Å². The molecule has 0 saturated carbocycles. The zero-order chi connectivity index (χ0) is 13.8. The van der Waals surface area contributed by atoms with Crippen LogP contribution in [0, 0.1) is 0 Å². The fourth-order valence-corrected chi connectivity index (χ4v) is 2.31. The molecule has 102 valence electrons. The van der Waals surface area contributed by atoms with Gasteiger partial charge in [0, 0.05) is 30.2 Å². The van der Waals surface area contributed by atoms with E-state index in [1.165, 1.54) is 0 Å². The molecule has 0 fully saturated rings. The maximum atomic E-state index is 5.86. The number of benzene rings is 2. The van der Waals surface area contributed by atoms with Gasteiger partial charge in [0.2, 0.25) is 0 Å². The van der Waals surface area contributed by atoms with Gasteiger partial charge in [0.05, 0.1) is 19.4 Å². The van der Waals surface area contributed by atoms with Crippen LogP contribution in [0.2, 0.25) is 0 Å². The van der Waals surface area contributed by atoms with Crippen molar-refractivity contribution in [3.63, 3.8) is 0 Å². The number of hydrogen-bond acceptors (Lipinski definition) is 3. The first-order valence-corrected chi connectivity index (χ1v) is 6.79. The lowest BCUT2D eigenvalue weighted by Crippen LogP contribution is -2.12. The number of fused-ring (bicyclic) bond motifs is 1. The Kier molecular flexibility index (Phi) is 3.68. The molecule has 0 unspecified atom stereocenters. The molecule has 20 heavy (non-hydrogen) atoms. The van der Waals surface area contributed by atoms with E-state index in [2.05, 4.69) is 12.1 Å². The molecule has 1 aliphatic rings. The number of ether oxygens (including phenoxy) is 2. The van der Waals surface area contributed by atoms with Gasteiger partial charge < -0.3 is 9.47 Å². The van der Waals surface area contributed by atoms with E-state index in [4.69, 9.17) is 14.5 Å². The van der Waals surface area contributed by atoms with Crippen molar-refractivity contribution in [2.45, 2.75) is 6.42 Å². The topological polar surface area (TPSA) is 30.8 Å². The summed E-state index contributed by atoms with van der Waals surface area (Å²) < 4.78 is 11.1. The molecule has 3 rings (SSSR count). The van der Waals surface area contributed by atoms with Crippen LogP contribution in [0.3, 0.4) is 0 Å². The minimum absolute atomic E-state index is 0.686. The molecular formula is C17H17NO2. The van der Waals surface area contributed by atoms with Crippen LogP contribution >= 0.6 is 0 Å². The third-order valence-electron chi connectivity index (χ3n) is 3.32. The molecule has 0 spiro atoms. The largest absolute Gasteiger partial charge is 0.497 e. The monoisotopic (exact) mass is 267 g/mol. The van der Waals surface area contributed by atoms with Gasteiger partial charge in [0.1, 0.15) is 11.5 Å². The second-order valence-corrected chi connectivity index (χ2v) is 4.66. The smallest absolute Gasteiger partial charge is 0.132 e. The Morgan fingerprint density at radius 2 is 1.95 bits per heavy atom. The predicted octanol–water partition coefficient (Wildman–Crippen LogP) is 3.32. The Labute approximate surface area is 118 Å². The summed E-state index contributed by atoms with van der Waals surface area (Å²) in [7, 11) is 1.66. The highest BCUT2D eigenvalue weighted by atomic mass is 16.5. The van der Waals surface area contributed by atoms with Crippen molar-refractivity contribution >= 4 is 5.71 Å². The molecule has 0 radical (unpaired) electrons. The minimum atomic E-state index is 0.686. The summed E-state index contributed by atoms with van der Waals surface area (Å²) in [4.78, 5) is 4.75. The average Bonchev–Trinajstić information content (AvgIpc) is 2.49.